The molecular weight excluding hydrogens is 138 g/mol. The van der Waals surface area contributed by atoms with Gasteiger partial charge in [0.15, 0.2) is 0 Å². The molecule has 0 aromatic rings. The first kappa shape index (κ1) is 8.72. The van der Waals surface area contributed by atoms with Crippen molar-refractivity contribution in [1.29, 1.82) is 0 Å². The molecule has 2 heteroatoms. The number of rotatable bonds is 1. The van der Waals surface area contributed by atoms with Gasteiger partial charge in [-0.2, -0.15) is 0 Å². The minimum Gasteiger partial charge on any atom is -0.327 e. The molecule has 64 valence electrons. The Balaban J connectivity index is 2.71. The quantitative estimate of drug-likeness (QED) is 0.621. The molecule has 0 aromatic carbocycles. The molecule has 1 fully saturated rings. The van der Waals surface area contributed by atoms with Crippen molar-refractivity contribution >= 4 is 5.78 Å². The highest BCUT2D eigenvalue weighted by molar-refractivity contribution is 5.88. The minimum absolute atomic E-state index is 0.0317. The maximum absolute atomic E-state index is 11.6. The molecule has 1 aliphatic carbocycles. The van der Waals surface area contributed by atoms with E-state index in [4.69, 9.17) is 5.73 Å². The highest BCUT2D eigenvalue weighted by Gasteiger charge is 2.41. The summed E-state index contributed by atoms with van der Waals surface area (Å²) in [6, 6.07) is 0.0317. The van der Waals surface area contributed by atoms with E-state index in [1.54, 1.807) is 0 Å². The second kappa shape index (κ2) is 2.59. The number of Topliss-reactive ketones (excluding diaryl/α,β-unsaturated/α-hetero) is 1. The van der Waals surface area contributed by atoms with Gasteiger partial charge in [0.2, 0.25) is 0 Å². The lowest BCUT2D eigenvalue weighted by molar-refractivity contribution is -0.127. The Bertz CT molecular complexity index is 172. The molecule has 0 aromatic heterocycles. The summed E-state index contributed by atoms with van der Waals surface area (Å²) < 4.78 is 0. The lowest BCUT2D eigenvalue weighted by Gasteiger charge is -2.17. The van der Waals surface area contributed by atoms with E-state index < -0.39 is 0 Å². The number of hydrogen-bond acceptors (Lipinski definition) is 2. The first-order chi connectivity index (χ1) is 4.95. The highest BCUT2D eigenvalue weighted by Crippen LogP contribution is 2.38. The summed E-state index contributed by atoms with van der Waals surface area (Å²) in [6.45, 7) is 5.94. The van der Waals surface area contributed by atoms with Crippen LogP contribution in [0, 0.1) is 11.3 Å². The smallest absolute Gasteiger partial charge is 0.143 e. The van der Waals surface area contributed by atoms with Gasteiger partial charge in [-0.1, -0.05) is 13.8 Å². The summed E-state index contributed by atoms with van der Waals surface area (Å²) >= 11 is 0. The second-order valence-corrected chi connectivity index (χ2v) is 4.25. The van der Waals surface area contributed by atoms with Crippen molar-refractivity contribution in [3.8, 4) is 0 Å². The molecule has 0 bridgehead atoms. The van der Waals surface area contributed by atoms with Gasteiger partial charge in [-0.05, 0) is 19.8 Å². The molecule has 2 nitrogen and oxygen atoms in total. The summed E-state index contributed by atoms with van der Waals surface area (Å²) in [4.78, 5) is 11.6. The molecule has 0 saturated heterocycles. The third kappa shape index (κ3) is 1.45. The van der Waals surface area contributed by atoms with Gasteiger partial charge in [-0.25, -0.2) is 0 Å². The lowest BCUT2D eigenvalue weighted by atomic mass is 9.87. The van der Waals surface area contributed by atoms with Gasteiger partial charge in [0, 0.05) is 17.4 Å². The molecular formula is C9H17NO. The molecule has 1 aliphatic rings. The van der Waals surface area contributed by atoms with Crippen LogP contribution in [0.1, 0.15) is 33.6 Å². The SMILES string of the molecule is CC(N)C1CCC(C)(C)C1=O. The van der Waals surface area contributed by atoms with E-state index >= 15 is 0 Å². The minimum atomic E-state index is -0.113. The van der Waals surface area contributed by atoms with Crippen molar-refractivity contribution in [2.45, 2.75) is 39.7 Å². The van der Waals surface area contributed by atoms with Crippen LogP contribution in [-0.4, -0.2) is 11.8 Å². The van der Waals surface area contributed by atoms with Crippen LogP contribution in [0.2, 0.25) is 0 Å². The van der Waals surface area contributed by atoms with Crippen LogP contribution in [-0.2, 0) is 4.79 Å². The Hall–Kier alpha value is -0.370. The van der Waals surface area contributed by atoms with Crippen LogP contribution < -0.4 is 5.73 Å². The van der Waals surface area contributed by atoms with E-state index in [1.807, 2.05) is 20.8 Å². The van der Waals surface area contributed by atoms with Crippen molar-refractivity contribution < 1.29 is 4.79 Å². The fraction of sp³-hybridized carbons (Fsp3) is 0.889. The van der Waals surface area contributed by atoms with Crippen LogP contribution >= 0.6 is 0 Å². The van der Waals surface area contributed by atoms with Gasteiger partial charge in [-0.15, -0.1) is 0 Å². The van der Waals surface area contributed by atoms with E-state index in [2.05, 4.69) is 0 Å². The van der Waals surface area contributed by atoms with Crippen LogP contribution in [0.15, 0.2) is 0 Å². The molecule has 11 heavy (non-hydrogen) atoms. The first-order valence-electron chi connectivity index (χ1n) is 4.25. The molecule has 2 unspecified atom stereocenters. The van der Waals surface area contributed by atoms with Gasteiger partial charge >= 0.3 is 0 Å². The number of ketones is 1. The number of carbonyl (C=O) groups is 1. The van der Waals surface area contributed by atoms with Gasteiger partial charge in [0.05, 0.1) is 0 Å². The first-order valence-corrected chi connectivity index (χ1v) is 4.25. The zero-order valence-electron chi connectivity index (χ0n) is 7.55. The van der Waals surface area contributed by atoms with Crippen molar-refractivity contribution in [1.82, 2.24) is 0 Å². The summed E-state index contributed by atoms with van der Waals surface area (Å²) in [7, 11) is 0. The van der Waals surface area contributed by atoms with E-state index in [1.165, 1.54) is 0 Å². The Morgan fingerprint density at radius 2 is 2.18 bits per heavy atom. The predicted molar refractivity (Wildman–Crippen MR) is 45.2 cm³/mol. The fourth-order valence-electron chi connectivity index (χ4n) is 1.77. The Labute approximate surface area is 68.2 Å². The van der Waals surface area contributed by atoms with Gasteiger partial charge in [0.25, 0.3) is 0 Å². The average molecular weight is 155 g/mol. The molecule has 2 N–H and O–H groups in total. The summed E-state index contributed by atoms with van der Waals surface area (Å²) in [6.07, 6.45) is 1.97. The summed E-state index contributed by atoms with van der Waals surface area (Å²) in [5.41, 5.74) is 5.58. The van der Waals surface area contributed by atoms with Crippen LogP contribution in [0.4, 0.5) is 0 Å². The van der Waals surface area contributed by atoms with Crippen molar-refractivity contribution in [3.63, 3.8) is 0 Å². The molecule has 0 amide bonds. The lowest BCUT2D eigenvalue weighted by Crippen LogP contribution is -2.33. The van der Waals surface area contributed by atoms with Crippen LogP contribution in [0.3, 0.4) is 0 Å². The van der Waals surface area contributed by atoms with Crippen molar-refractivity contribution in [3.05, 3.63) is 0 Å². The molecule has 0 aliphatic heterocycles. The third-order valence-electron chi connectivity index (χ3n) is 2.72. The topological polar surface area (TPSA) is 43.1 Å². The predicted octanol–water partition coefficient (Wildman–Crippen LogP) is 1.34. The van der Waals surface area contributed by atoms with Crippen LogP contribution in [0.5, 0.6) is 0 Å². The fourth-order valence-corrected chi connectivity index (χ4v) is 1.77. The molecule has 1 saturated carbocycles. The molecule has 0 heterocycles. The largest absolute Gasteiger partial charge is 0.327 e. The monoisotopic (exact) mass is 155 g/mol. The standard InChI is InChI=1S/C9H17NO/c1-6(10)7-4-5-9(2,3)8(7)11/h6-7H,4-5,10H2,1-3H3. The Morgan fingerprint density at radius 3 is 2.36 bits per heavy atom. The van der Waals surface area contributed by atoms with Gasteiger partial charge in [-0.3, -0.25) is 4.79 Å². The average Bonchev–Trinajstić information content (AvgIpc) is 2.09. The van der Waals surface area contributed by atoms with E-state index in [9.17, 15) is 4.79 Å². The van der Waals surface area contributed by atoms with Gasteiger partial charge in [0.1, 0.15) is 5.78 Å². The number of carbonyl (C=O) groups excluding carboxylic acids is 1. The summed E-state index contributed by atoms with van der Waals surface area (Å²) in [5, 5.41) is 0. The van der Waals surface area contributed by atoms with Crippen molar-refractivity contribution in [2.24, 2.45) is 17.1 Å². The van der Waals surface area contributed by atoms with Crippen LogP contribution in [0.25, 0.3) is 0 Å². The maximum atomic E-state index is 11.6. The zero-order valence-corrected chi connectivity index (χ0v) is 7.55. The van der Waals surface area contributed by atoms with Gasteiger partial charge < -0.3 is 5.73 Å². The van der Waals surface area contributed by atoms with E-state index in [0.717, 1.165) is 12.8 Å². The Morgan fingerprint density at radius 1 is 1.64 bits per heavy atom. The molecule has 0 radical (unpaired) electrons. The van der Waals surface area contributed by atoms with E-state index in [0.29, 0.717) is 5.78 Å². The molecule has 2 atom stereocenters. The normalized spacial score (nSPS) is 32.4. The number of hydrogen-bond donors (Lipinski definition) is 1. The molecule has 1 rings (SSSR count). The maximum Gasteiger partial charge on any atom is 0.143 e. The number of nitrogens with two attached hydrogens (primary N) is 1. The zero-order chi connectivity index (χ0) is 8.65. The third-order valence-corrected chi connectivity index (χ3v) is 2.72. The second-order valence-electron chi connectivity index (χ2n) is 4.25. The summed E-state index contributed by atoms with van der Waals surface area (Å²) in [5.74, 6) is 0.470. The van der Waals surface area contributed by atoms with E-state index in [-0.39, 0.29) is 17.4 Å². The Kier molecular flexibility index (Phi) is 2.06. The highest BCUT2D eigenvalue weighted by atomic mass is 16.1. The van der Waals surface area contributed by atoms with Crippen molar-refractivity contribution in [2.75, 3.05) is 0 Å². The molecule has 0 spiro atoms.